The zero-order chi connectivity index (χ0) is 31.8. The predicted octanol–water partition coefficient (Wildman–Crippen LogP) is 6.24. The molecule has 2 fully saturated rings. The maximum Gasteiger partial charge on any atom is 0.408 e. The van der Waals surface area contributed by atoms with Crippen LogP contribution >= 0.6 is 0 Å². The SMILES string of the molecule is COc1ccc2cc3c(nc2c1)O[C@H]1CN(C(=O)[C@H](C(C)(C)C)NC(=O)O[C@]2(C)CCCC2CCCCC3)[C@H](C(C)=O)[C@@H]1C. The van der Waals surface area contributed by atoms with Crippen LogP contribution in [0.2, 0.25) is 0 Å². The Balaban J connectivity index is 1.54. The van der Waals surface area contributed by atoms with Crippen molar-refractivity contribution >= 4 is 28.7 Å². The second kappa shape index (κ2) is 12.6. The summed E-state index contributed by atoms with van der Waals surface area (Å²) in [5.74, 6) is 0.826. The van der Waals surface area contributed by atoms with Gasteiger partial charge in [0.1, 0.15) is 23.5 Å². The number of benzene rings is 1. The van der Waals surface area contributed by atoms with E-state index in [0.29, 0.717) is 11.6 Å². The summed E-state index contributed by atoms with van der Waals surface area (Å²) in [4.78, 5) is 47.2. The topological polar surface area (TPSA) is 107 Å². The first-order valence-corrected chi connectivity index (χ1v) is 16.3. The van der Waals surface area contributed by atoms with Gasteiger partial charge in [-0.2, -0.15) is 0 Å². The Labute approximate surface area is 261 Å². The number of nitrogens with one attached hydrogen (secondary N) is 1. The molecule has 44 heavy (non-hydrogen) atoms. The standard InChI is InChI=1S/C35H49N3O6/c1-21-28-20-38(29(21)22(2)39)32(40)30(34(3,4)5)37-33(41)44-35(6)17-11-14-25(35)13-10-8-9-12-24-18-23-15-16-26(42-7)19-27(23)36-31(24)43-28/h15-16,18-19,21,25,28-30H,8-14,17,20H2,1-7H3,(H,37,41)/t21-,25?,28+,29+,30-,35-/m1/s1. The van der Waals surface area contributed by atoms with E-state index in [9.17, 15) is 14.4 Å². The molecule has 1 saturated carbocycles. The summed E-state index contributed by atoms with van der Waals surface area (Å²) in [5, 5.41) is 3.93. The second-order valence-corrected chi connectivity index (χ2v) is 14.4. The van der Waals surface area contributed by atoms with Crippen molar-refractivity contribution in [2.45, 2.75) is 117 Å². The molecule has 0 radical (unpaired) electrons. The number of rotatable bonds is 2. The van der Waals surface area contributed by atoms with E-state index in [4.69, 9.17) is 19.2 Å². The van der Waals surface area contributed by atoms with Crippen LogP contribution in [0.5, 0.6) is 11.6 Å². The highest BCUT2D eigenvalue weighted by atomic mass is 16.6. The number of nitrogens with zero attached hydrogens (tertiary/aromatic N) is 2. The largest absolute Gasteiger partial charge is 0.497 e. The predicted molar refractivity (Wildman–Crippen MR) is 169 cm³/mol. The highest BCUT2D eigenvalue weighted by Gasteiger charge is 2.50. The monoisotopic (exact) mass is 607 g/mol. The number of Topliss-reactive ketones (excluding diaryl/α,β-unsaturated/α-hetero) is 1. The maximum absolute atomic E-state index is 14.3. The van der Waals surface area contributed by atoms with Crippen molar-refractivity contribution in [2.24, 2.45) is 17.3 Å². The van der Waals surface area contributed by atoms with Crippen LogP contribution in [-0.4, -0.2) is 65.1 Å². The summed E-state index contributed by atoms with van der Waals surface area (Å²) in [7, 11) is 1.63. The first kappa shape index (κ1) is 32.0. The van der Waals surface area contributed by atoms with Gasteiger partial charge in [-0.25, -0.2) is 9.78 Å². The molecule has 5 rings (SSSR count). The summed E-state index contributed by atoms with van der Waals surface area (Å²) in [6.07, 6.45) is 6.66. The Morgan fingerprint density at radius 1 is 1.11 bits per heavy atom. The van der Waals surface area contributed by atoms with Crippen LogP contribution in [0.4, 0.5) is 4.79 Å². The average molecular weight is 608 g/mol. The van der Waals surface area contributed by atoms with Gasteiger partial charge in [-0.05, 0) is 81.9 Å². The molecule has 1 N–H and O–H groups in total. The molecular weight excluding hydrogens is 558 g/mol. The van der Waals surface area contributed by atoms with Crippen molar-refractivity contribution in [2.75, 3.05) is 13.7 Å². The lowest BCUT2D eigenvalue weighted by Gasteiger charge is -2.37. The third-order valence-corrected chi connectivity index (χ3v) is 10.1. The van der Waals surface area contributed by atoms with Gasteiger partial charge < -0.3 is 24.4 Å². The van der Waals surface area contributed by atoms with E-state index < -0.39 is 35.3 Å². The molecule has 1 aromatic heterocycles. The Hall–Kier alpha value is -3.36. The lowest BCUT2D eigenvalue weighted by molar-refractivity contribution is -0.141. The number of pyridine rings is 1. The molecule has 2 amide bonds. The molecule has 2 bridgehead atoms. The fourth-order valence-corrected chi connectivity index (χ4v) is 7.50. The van der Waals surface area contributed by atoms with Crippen LogP contribution in [0, 0.1) is 17.3 Å². The summed E-state index contributed by atoms with van der Waals surface area (Å²) in [6, 6.07) is 6.43. The normalized spacial score (nSPS) is 30.3. The zero-order valence-corrected chi connectivity index (χ0v) is 27.4. The summed E-state index contributed by atoms with van der Waals surface area (Å²) >= 11 is 0. The number of ether oxygens (including phenoxy) is 3. The number of hydrogen-bond acceptors (Lipinski definition) is 7. The van der Waals surface area contributed by atoms with Crippen LogP contribution < -0.4 is 14.8 Å². The van der Waals surface area contributed by atoms with E-state index in [1.165, 1.54) is 6.92 Å². The molecule has 2 aliphatic heterocycles. The van der Waals surface area contributed by atoms with Crippen LogP contribution in [0.25, 0.3) is 10.9 Å². The number of carbonyl (C=O) groups is 3. The van der Waals surface area contributed by atoms with Crippen molar-refractivity contribution in [3.8, 4) is 11.6 Å². The average Bonchev–Trinajstić information content (AvgIpc) is 3.48. The Morgan fingerprint density at radius 3 is 2.57 bits per heavy atom. The third-order valence-electron chi connectivity index (χ3n) is 10.1. The minimum atomic E-state index is -0.882. The first-order valence-electron chi connectivity index (χ1n) is 16.3. The fraction of sp³-hybridized carbons (Fsp3) is 0.657. The lowest BCUT2D eigenvalue weighted by atomic mass is 9.85. The molecule has 1 saturated heterocycles. The van der Waals surface area contributed by atoms with Gasteiger partial charge in [-0.15, -0.1) is 0 Å². The lowest BCUT2D eigenvalue weighted by Crippen LogP contribution is -2.57. The van der Waals surface area contributed by atoms with Crippen LogP contribution in [0.3, 0.4) is 0 Å². The number of aromatic nitrogens is 1. The highest BCUT2D eigenvalue weighted by molar-refractivity contribution is 5.92. The number of methoxy groups -OCH3 is 1. The Bertz CT molecular complexity index is 1400. The van der Waals surface area contributed by atoms with E-state index >= 15 is 0 Å². The molecule has 3 aliphatic rings. The smallest absolute Gasteiger partial charge is 0.408 e. The highest BCUT2D eigenvalue weighted by Crippen LogP contribution is 2.42. The van der Waals surface area contributed by atoms with Crippen molar-refractivity contribution in [1.82, 2.24) is 15.2 Å². The summed E-state index contributed by atoms with van der Waals surface area (Å²) < 4.78 is 18.2. The minimum Gasteiger partial charge on any atom is -0.497 e. The van der Waals surface area contributed by atoms with Crippen molar-refractivity contribution in [1.29, 1.82) is 0 Å². The quantitative estimate of drug-likeness (QED) is 0.431. The maximum atomic E-state index is 14.3. The van der Waals surface area contributed by atoms with Gasteiger partial charge in [-0.3, -0.25) is 9.59 Å². The van der Waals surface area contributed by atoms with Gasteiger partial charge in [0.2, 0.25) is 11.8 Å². The number of ketones is 1. The van der Waals surface area contributed by atoms with Gasteiger partial charge in [0.05, 0.1) is 25.2 Å². The van der Waals surface area contributed by atoms with Gasteiger partial charge in [0, 0.05) is 22.9 Å². The fourth-order valence-electron chi connectivity index (χ4n) is 7.50. The van der Waals surface area contributed by atoms with Crippen LogP contribution in [0.1, 0.15) is 92.1 Å². The third kappa shape index (κ3) is 6.52. The van der Waals surface area contributed by atoms with Crippen molar-refractivity contribution in [3.63, 3.8) is 0 Å². The van der Waals surface area contributed by atoms with Gasteiger partial charge >= 0.3 is 6.09 Å². The number of alkyl carbamates (subject to hydrolysis) is 1. The van der Waals surface area contributed by atoms with Crippen molar-refractivity contribution in [3.05, 3.63) is 29.8 Å². The minimum absolute atomic E-state index is 0.115. The molecule has 1 aliphatic carbocycles. The Kier molecular flexibility index (Phi) is 9.15. The number of amides is 2. The Morgan fingerprint density at radius 2 is 1.86 bits per heavy atom. The van der Waals surface area contributed by atoms with Gasteiger partial charge in [0.15, 0.2) is 5.78 Å². The summed E-state index contributed by atoms with van der Waals surface area (Å²) in [6.45, 7) is 11.5. The van der Waals surface area contributed by atoms with E-state index in [1.54, 1.807) is 12.0 Å². The van der Waals surface area contributed by atoms with E-state index in [1.807, 2.05) is 52.8 Å². The van der Waals surface area contributed by atoms with Gasteiger partial charge in [0.25, 0.3) is 0 Å². The number of carbonyl (C=O) groups excluding carboxylic acids is 3. The molecular formula is C35H49N3O6. The molecule has 240 valence electrons. The van der Waals surface area contributed by atoms with Gasteiger partial charge in [-0.1, -0.05) is 40.5 Å². The number of fused-ring (bicyclic) bond motifs is 5. The second-order valence-electron chi connectivity index (χ2n) is 14.4. The van der Waals surface area contributed by atoms with Crippen LogP contribution in [0.15, 0.2) is 24.3 Å². The molecule has 3 heterocycles. The molecule has 9 heteroatoms. The van der Waals surface area contributed by atoms with E-state index in [0.717, 1.165) is 67.8 Å². The number of aryl methyl sites for hydroxylation is 1. The molecule has 1 aromatic carbocycles. The molecule has 2 aromatic rings. The van der Waals surface area contributed by atoms with Crippen molar-refractivity contribution < 1.29 is 28.6 Å². The molecule has 1 unspecified atom stereocenters. The number of hydrogen-bond donors (Lipinski definition) is 1. The molecule has 6 atom stereocenters. The van der Waals surface area contributed by atoms with Crippen LogP contribution in [-0.2, 0) is 20.7 Å². The first-order chi connectivity index (χ1) is 20.8. The molecule has 9 nitrogen and oxygen atoms in total. The van der Waals surface area contributed by atoms with E-state index in [2.05, 4.69) is 11.4 Å². The van der Waals surface area contributed by atoms with E-state index in [-0.39, 0.29) is 30.1 Å². The molecule has 0 spiro atoms. The summed E-state index contributed by atoms with van der Waals surface area (Å²) in [5.41, 5.74) is 0.597. The zero-order valence-electron chi connectivity index (χ0n) is 27.4.